The average molecular weight is 289 g/mol. The van der Waals surface area contributed by atoms with Crippen LogP contribution in [0.5, 0.6) is 0 Å². The van der Waals surface area contributed by atoms with Gasteiger partial charge in [0.1, 0.15) is 10.3 Å². The Kier molecular flexibility index (Phi) is 4.22. The second-order valence-corrected chi connectivity index (χ2v) is 4.44. The molecule has 6 nitrogen and oxygen atoms in total. The molecular formula is C10H12Cl2N5O+. The molecule has 2 heterocycles. The Morgan fingerprint density at radius 3 is 2.72 bits per heavy atom. The number of hydrogen-bond donors (Lipinski definition) is 4. The summed E-state index contributed by atoms with van der Waals surface area (Å²) in [5.41, 5.74) is 5.61. The van der Waals surface area contributed by atoms with Gasteiger partial charge in [-0.2, -0.15) is 5.43 Å². The lowest BCUT2D eigenvalue weighted by Gasteiger charge is -2.10. The molecule has 1 aliphatic heterocycles. The smallest absolute Gasteiger partial charge is 0.276 e. The third-order valence-electron chi connectivity index (χ3n) is 2.28. The first kappa shape index (κ1) is 12.9. The number of guanidine groups is 1. The number of amides is 1. The van der Waals surface area contributed by atoms with E-state index in [4.69, 9.17) is 23.2 Å². The number of carbonyl (C=O) groups excluding carboxylic acids is 1. The zero-order valence-corrected chi connectivity index (χ0v) is 10.9. The van der Waals surface area contributed by atoms with E-state index in [-0.39, 0.29) is 16.2 Å². The third-order valence-corrected chi connectivity index (χ3v) is 2.67. The summed E-state index contributed by atoms with van der Waals surface area (Å²) >= 11 is 11.4. The summed E-state index contributed by atoms with van der Waals surface area (Å²) in [6.45, 7) is 1.72. The predicted octanol–water partition coefficient (Wildman–Crippen LogP) is -0.947. The number of hydrogen-bond acceptors (Lipinski definition) is 4. The van der Waals surface area contributed by atoms with Crippen LogP contribution in [0.4, 0.5) is 0 Å². The fourth-order valence-corrected chi connectivity index (χ4v) is 1.91. The van der Waals surface area contributed by atoms with Crippen LogP contribution in [0.25, 0.3) is 0 Å². The lowest BCUT2D eigenvalue weighted by atomic mass is 10.2. The number of pyridine rings is 1. The number of nitrogens with zero attached hydrogens (tertiary/aromatic N) is 1. The zero-order chi connectivity index (χ0) is 13.0. The van der Waals surface area contributed by atoms with Gasteiger partial charge in [0.2, 0.25) is 0 Å². The van der Waals surface area contributed by atoms with Gasteiger partial charge in [-0.15, -0.1) is 0 Å². The molecular weight excluding hydrogens is 277 g/mol. The minimum Gasteiger partial charge on any atom is -0.276 e. The summed E-state index contributed by atoms with van der Waals surface area (Å²) < 4.78 is 0. The maximum absolute atomic E-state index is 11.8. The molecule has 4 N–H and O–H groups in total. The second kappa shape index (κ2) is 5.88. The Morgan fingerprint density at radius 2 is 2.11 bits per heavy atom. The van der Waals surface area contributed by atoms with Crippen molar-refractivity contribution < 1.29 is 9.79 Å². The number of nitrogens with one attached hydrogen (secondary N) is 4. The van der Waals surface area contributed by atoms with Gasteiger partial charge in [0.05, 0.1) is 13.1 Å². The normalized spacial score (nSPS) is 14.4. The number of rotatable bonds is 1. The van der Waals surface area contributed by atoms with Gasteiger partial charge in [0.15, 0.2) is 0 Å². The zero-order valence-electron chi connectivity index (χ0n) is 9.39. The topological polar surface area (TPSA) is 80.0 Å². The Hall–Kier alpha value is -1.53. The molecule has 0 atom stereocenters. The molecule has 0 saturated carbocycles. The van der Waals surface area contributed by atoms with Gasteiger partial charge in [-0.25, -0.2) is 10.4 Å². The molecule has 1 amide bonds. The molecule has 1 aliphatic rings. The van der Waals surface area contributed by atoms with Gasteiger partial charge >= 0.3 is 5.96 Å². The van der Waals surface area contributed by atoms with Gasteiger partial charge in [-0.3, -0.25) is 15.1 Å². The van der Waals surface area contributed by atoms with Gasteiger partial charge in [-0.05, 0) is 12.1 Å². The Bertz CT molecular complexity index is 471. The second-order valence-electron chi connectivity index (χ2n) is 3.66. The van der Waals surface area contributed by atoms with E-state index in [9.17, 15) is 4.79 Å². The highest BCUT2D eigenvalue weighted by Gasteiger charge is 2.13. The molecule has 0 bridgehead atoms. The van der Waals surface area contributed by atoms with Crippen molar-refractivity contribution in [3.05, 3.63) is 28.0 Å². The Labute approximate surface area is 114 Å². The molecule has 1 aromatic heterocycles. The lowest BCUT2D eigenvalue weighted by Crippen LogP contribution is -2.83. The SMILES string of the molecule is O=C(NNC1=[NH+]CCCN1)c1cc(Cl)nc(Cl)c1. The largest absolute Gasteiger partial charge is 0.365 e. The number of aromatic nitrogens is 1. The van der Waals surface area contributed by atoms with E-state index in [0.29, 0.717) is 11.5 Å². The minimum absolute atomic E-state index is 0.175. The van der Waals surface area contributed by atoms with E-state index in [2.05, 4.69) is 26.1 Å². The first-order chi connectivity index (χ1) is 8.65. The summed E-state index contributed by atoms with van der Waals surface area (Å²) in [4.78, 5) is 18.6. The molecule has 96 valence electrons. The van der Waals surface area contributed by atoms with E-state index >= 15 is 0 Å². The summed E-state index contributed by atoms with van der Waals surface area (Å²) in [7, 11) is 0. The van der Waals surface area contributed by atoms with Crippen LogP contribution in [-0.4, -0.2) is 29.9 Å². The molecule has 1 aromatic rings. The van der Waals surface area contributed by atoms with Crippen LogP contribution >= 0.6 is 23.2 Å². The van der Waals surface area contributed by atoms with Crippen molar-refractivity contribution >= 4 is 35.1 Å². The van der Waals surface area contributed by atoms with Crippen molar-refractivity contribution in [2.24, 2.45) is 0 Å². The highest BCUT2D eigenvalue weighted by Crippen LogP contribution is 2.14. The molecule has 0 fully saturated rings. The van der Waals surface area contributed by atoms with E-state index in [0.717, 1.165) is 19.5 Å². The molecule has 0 radical (unpaired) electrons. The maximum atomic E-state index is 11.8. The highest BCUT2D eigenvalue weighted by atomic mass is 35.5. The molecule has 0 aliphatic carbocycles. The monoisotopic (exact) mass is 288 g/mol. The molecule has 2 rings (SSSR count). The van der Waals surface area contributed by atoms with Crippen molar-refractivity contribution in [2.75, 3.05) is 13.1 Å². The lowest BCUT2D eigenvalue weighted by molar-refractivity contribution is -0.467. The highest BCUT2D eigenvalue weighted by molar-refractivity contribution is 6.33. The summed E-state index contributed by atoms with van der Waals surface area (Å²) in [5, 5.41) is 3.41. The van der Waals surface area contributed by atoms with Gasteiger partial charge in [0, 0.05) is 12.0 Å². The van der Waals surface area contributed by atoms with E-state index < -0.39 is 0 Å². The average Bonchev–Trinajstić information content (AvgIpc) is 2.36. The first-order valence-electron chi connectivity index (χ1n) is 5.39. The van der Waals surface area contributed by atoms with Crippen molar-refractivity contribution in [2.45, 2.75) is 6.42 Å². The van der Waals surface area contributed by atoms with Crippen LogP contribution in [0.15, 0.2) is 12.1 Å². The van der Waals surface area contributed by atoms with Crippen molar-refractivity contribution in [3.63, 3.8) is 0 Å². The van der Waals surface area contributed by atoms with Crippen molar-refractivity contribution in [1.82, 2.24) is 21.2 Å². The quantitative estimate of drug-likeness (QED) is 0.397. The Balaban J connectivity index is 1.97. The van der Waals surface area contributed by atoms with Crippen LogP contribution in [-0.2, 0) is 0 Å². The van der Waals surface area contributed by atoms with Gasteiger partial charge in [-0.1, -0.05) is 23.2 Å². The van der Waals surface area contributed by atoms with E-state index in [1.54, 1.807) is 0 Å². The number of hydrazine groups is 1. The third kappa shape index (κ3) is 3.48. The fraction of sp³-hybridized carbons (Fsp3) is 0.300. The number of carbonyl (C=O) groups is 1. The van der Waals surface area contributed by atoms with Crippen molar-refractivity contribution in [3.8, 4) is 0 Å². The molecule has 8 heteroatoms. The van der Waals surface area contributed by atoms with Crippen LogP contribution in [0.1, 0.15) is 16.8 Å². The first-order valence-corrected chi connectivity index (χ1v) is 6.15. The molecule has 0 aromatic carbocycles. The molecule has 0 spiro atoms. The van der Waals surface area contributed by atoms with Crippen molar-refractivity contribution in [1.29, 1.82) is 0 Å². The number of halogens is 2. The summed E-state index contributed by atoms with van der Waals surface area (Å²) in [6.07, 6.45) is 1.04. The van der Waals surface area contributed by atoms with E-state index in [1.165, 1.54) is 12.1 Å². The van der Waals surface area contributed by atoms with Crippen LogP contribution in [0.2, 0.25) is 10.3 Å². The minimum atomic E-state index is -0.345. The predicted molar refractivity (Wildman–Crippen MR) is 68.3 cm³/mol. The molecule has 0 saturated heterocycles. The Morgan fingerprint density at radius 1 is 1.39 bits per heavy atom. The summed E-state index contributed by atoms with van der Waals surface area (Å²) in [6, 6.07) is 2.88. The molecule has 18 heavy (non-hydrogen) atoms. The van der Waals surface area contributed by atoms with Crippen LogP contribution in [0.3, 0.4) is 0 Å². The van der Waals surface area contributed by atoms with Gasteiger partial charge < -0.3 is 0 Å². The van der Waals surface area contributed by atoms with Crippen LogP contribution in [0, 0.1) is 0 Å². The standard InChI is InChI=1S/C10H11Cl2N5O/c11-7-4-6(5-8(12)15-7)9(18)16-17-10-13-2-1-3-14-10/h4-5H,1-3H2,(H,16,18)(H2,13,14,17)/p+1. The summed E-state index contributed by atoms with van der Waals surface area (Å²) in [5.74, 6) is 0.323. The van der Waals surface area contributed by atoms with Crippen LogP contribution < -0.4 is 21.2 Å². The maximum Gasteiger partial charge on any atom is 0.365 e. The molecule has 0 unspecified atom stereocenters. The van der Waals surface area contributed by atoms with E-state index in [1.807, 2.05) is 0 Å². The van der Waals surface area contributed by atoms with Gasteiger partial charge in [0.25, 0.3) is 5.91 Å². The fourth-order valence-electron chi connectivity index (χ4n) is 1.45.